The Morgan fingerprint density at radius 2 is 1.67 bits per heavy atom. The van der Waals surface area contributed by atoms with Crippen LogP contribution in [0.25, 0.3) is 0 Å². The van der Waals surface area contributed by atoms with Gasteiger partial charge in [-0.15, -0.1) is 0 Å². The smallest absolute Gasteiger partial charge is 0.193 e. The van der Waals surface area contributed by atoms with Gasteiger partial charge in [0, 0.05) is 0 Å². The summed E-state index contributed by atoms with van der Waals surface area (Å²) in [6, 6.07) is 8.45. The van der Waals surface area contributed by atoms with Gasteiger partial charge in [0.1, 0.15) is 5.76 Å². The maximum atomic E-state index is 5.95. The minimum atomic E-state index is 0.0494. The molecule has 1 aromatic carbocycles. The van der Waals surface area contributed by atoms with Gasteiger partial charge in [0.2, 0.25) is 0 Å². The molecule has 0 spiro atoms. The molecule has 0 aliphatic rings. The second kappa shape index (κ2) is 7.15. The third-order valence-corrected chi connectivity index (χ3v) is 4.24. The van der Waals surface area contributed by atoms with Crippen LogP contribution >= 0.6 is 11.6 Å². The zero-order valence-electron chi connectivity index (χ0n) is 13.3. The van der Waals surface area contributed by atoms with Crippen molar-refractivity contribution in [3.05, 3.63) is 57.5 Å². The van der Waals surface area contributed by atoms with Crippen LogP contribution in [-0.2, 0) is 19.3 Å². The summed E-state index contributed by atoms with van der Waals surface area (Å²) in [6.45, 7) is 6.62. The van der Waals surface area contributed by atoms with E-state index in [1.54, 1.807) is 6.07 Å². The predicted octanol–water partition coefficient (Wildman–Crippen LogP) is 4.93. The van der Waals surface area contributed by atoms with Crippen LogP contribution in [0.5, 0.6) is 0 Å². The number of furan rings is 1. The molecule has 1 heterocycles. The Morgan fingerprint density at radius 1 is 1.05 bits per heavy atom. The van der Waals surface area contributed by atoms with Crippen molar-refractivity contribution in [3.63, 3.8) is 0 Å². The highest BCUT2D eigenvalue weighted by atomic mass is 35.5. The average molecular weight is 306 g/mol. The zero-order chi connectivity index (χ0) is 15.4. The molecule has 1 N–H and O–H groups in total. The number of aryl methyl sites for hydroxylation is 3. The Balaban J connectivity index is 2.58. The van der Waals surface area contributed by atoms with E-state index in [4.69, 9.17) is 16.0 Å². The van der Waals surface area contributed by atoms with Gasteiger partial charge in [-0.05, 0) is 72.3 Å². The number of hydrogen-bond donors (Lipinski definition) is 1. The topological polar surface area (TPSA) is 25.2 Å². The monoisotopic (exact) mass is 305 g/mol. The third kappa shape index (κ3) is 3.33. The summed E-state index contributed by atoms with van der Waals surface area (Å²) in [5, 5.41) is 3.82. The van der Waals surface area contributed by atoms with E-state index < -0.39 is 0 Å². The van der Waals surface area contributed by atoms with Crippen LogP contribution in [0.1, 0.15) is 54.8 Å². The molecule has 2 aromatic rings. The van der Waals surface area contributed by atoms with Crippen molar-refractivity contribution in [1.29, 1.82) is 0 Å². The van der Waals surface area contributed by atoms with Crippen LogP contribution in [-0.4, -0.2) is 7.05 Å². The van der Waals surface area contributed by atoms with E-state index in [0.717, 1.165) is 25.0 Å². The van der Waals surface area contributed by atoms with E-state index in [9.17, 15) is 0 Å². The van der Waals surface area contributed by atoms with E-state index in [1.165, 1.54) is 22.3 Å². The number of hydrogen-bond acceptors (Lipinski definition) is 2. The molecule has 1 unspecified atom stereocenters. The normalized spacial score (nSPS) is 12.6. The van der Waals surface area contributed by atoms with Gasteiger partial charge < -0.3 is 9.73 Å². The highest BCUT2D eigenvalue weighted by molar-refractivity contribution is 6.28. The maximum absolute atomic E-state index is 5.95. The van der Waals surface area contributed by atoms with Gasteiger partial charge in [-0.25, -0.2) is 0 Å². The molecule has 0 saturated carbocycles. The molecular formula is C18H24ClNO. The second-order valence-electron chi connectivity index (χ2n) is 5.25. The maximum Gasteiger partial charge on any atom is 0.193 e. The third-order valence-electron chi connectivity index (χ3n) is 4.04. The lowest BCUT2D eigenvalue weighted by Crippen LogP contribution is -2.20. The van der Waals surface area contributed by atoms with Crippen LogP contribution in [0.4, 0.5) is 0 Å². The van der Waals surface area contributed by atoms with E-state index in [1.807, 2.05) is 13.1 Å². The second-order valence-corrected chi connectivity index (χ2v) is 5.62. The van der Waals surface area contributed by atoms with Gasteiger partial charge in [0.05, 0.1) is 6.04 Å². The van der Waals surface area contributed by atoms with Crippen LogP contribution < -0.4 is 5.32 Å². The Bertz CT molecular complexity index is 578. The molecule has 3 heteroatoms. The molecule has 0 bridgehead atoms. The van der Waals surface area contributed by atoms with Crippen molar-refractivity contribution in [1.82, 2.24) is 5.32 Å². The quantitative estimate of drug-likeness (QED) is 0.818. The van der Waals surface area contributed by atoms with Gasteiger partial charge >= 0.3 is 0 Å². The molecule has 114 valence electrons. The minimum absolute atomic E-state index is 0.0494. The summed E-state index contributed by atoms with van der Waals surface area (Å²) in [5.74, 6) is 0.871. The largest absolute Gasteiger partial charge is 0.448 e. The average Bonchev–Trinajstić information content (AvgIpc) is 2.94. The summed E-state index contributed by atoms with van der Waals surface area (Å²) >= 11 is 5.95. The van der Waals surface area contributed by atoms with E-state index in [0.29, 0.717) is 5.22 Å². The summed E-state index contributed by atoms with van der Waals surface area (Å²) in [5.41, 5.74) is 5.52. The Morgan fingerprint density at radius 3 is 2.05 bits per heavy atom. The van der Waals surface area contributed by atoms with Gasteiger partial charge in [-0.3, -0.25) is 0 Å². The first-order chi connectivity index (χ1) is 10.1. The highest BCUT2D eigenvalue weighted by Crippen LogP contribution is 2.32. The van der Waals surface area contributed by atoms with Crippen molar-refractivity contribution in [2.45, 2.75) is 46.1 Å². The molecule has 0 aliphatic carbocycles. The molecule has 0 saturated heterocycles. The summed E-state index contributed by atoms with van der Waals surface area (Å²) < 4.78 is 5.65. The van der Waals surface area contributed by atoms with Gasteiger partial charge in [-0.2, -0.15) is 0 Å². The lowest BCUT2D eigenvalue weighted by molar-refractivity contribution is 0.462. The van der Waals surface area contributed by atoms with Crippen LogP contribution in [0.3, 0.4) is 0 Å². The number of halogens is 1. The van der Waals surface area contributed by atoms with Crippen LogP contribution in [0.15, 0.2) is 28.7 Å². The van der Waals surface area contributed by atoms with Crippen molar-refractivity contribution in [2.24, 2.45) is 0 Å². The first-order valence-corrected chi connectivity index (χ1v) is 8.09. The molecule has 0 amide bonds. The lowest BCUT2D eigenvalue weighted by Gasteiger charge is -2.22. The van der Waals surface area contributed by atoms with Gasteiger partial charge in [0.15, 0.2) is 5.22 Å². The summed E-state index contributed by atoms with van der Waals surface area (Å²) in [4.78, 5) is 0. The van der Waals surface area contributed by atoms with Crippen LogP contribution in [0.2, 0.25) is 5.22 Å². The Kier molecular flexibility index (Phi) is 5.49. The number of rotatable bonds is 6. The molecule has 2 nitrogen and oxygen atoms in total. The minimum Gasteiger partial charge on any atom is -0.448 e. The number of benzene rings is 1. The number of nitrogens with one attached hydrogen (secondary N) is 1. The van der Waals surface area contributed by atoms with E-state index >= 15 is 0 Å². The molecule has 0 radical (unpaired) electrons. The summed E-state index contributed by atoms with van der Waals surface area (Å²) in [6.07, 6.45) is 3.10. The first-order valence-electron chi connectivity index (χ1n) is 7.71. The molecular weight excluding hydrogens is 282 g/mol. The van der Waals surface area contributed by atoms with E-state index in [2.05, 4.69) is 38.2 Å². The van der Waals surface area contributed by atoms with Gasteiger partial charge in [0.25, 0.3) is 0 Å². The molecule has 1 atom stereocenters. The Labute approximate surface area is 132 Å². The molecule has 1 aromatic heterocycles. The predicted molar refractivity (Wildman–Crippen MR) is 89.2 cm³/mol. The zero-order valence-corrected chi connectivity index (χ0v) is 14.1. The lowest BCUT2D eigenvalue weighted by atomic mass is 9.88. The van der Waals surface area contributed by atoms with E-state index in [-0.39, 0.29) is 6.04 Å². The summed E-state index contributed by atoms with van der Waals surface area (Å²) in [7, 11) is 1.97. The Hall–Kier alpha value is -1.25. The van der Waals surface area contributed by atoms with Crippen molar-refractivity contribution in [3.8, 4) is 0 Å². The molecule has 0 aliphatic heterocycles. The fraction of sp³-hybridized carbons (Fsp3) is 0.444. The SMILES string of the molecule is CCc1cc(CC)c(C(NC)c2ccc(Cl)o2)c(CC)c1. The fourth-order valence-corrected chi connectivity index (χ4v) is 3.08. The van der Waals surface area contributed by atoms with Crippen molar-refractivity contribution >= 4 is 11.6 Å². The van der Waals surface area contributed by atoms with Crippen molar-refractivity contribution < 1.29 is 4.42 Å². The molecule has 2 rings (SSSR count). The molecule has 21 heavy (non-hydrogen) atoms. The highest BCUT2D eigenvalue weighted by Gasteiger charge is 2.22. The first kappa shape index (κ1) is 16.1. The van der Waals surface area contributed by atoms with Crippen LogP contribution in [0, 0.1) is 0 Å². The fourth-order valence-electron chi connectivity index (χ4n) is 2.92. The van der Waals surface area contributed by atoms with Gasteiger partial charge in [-0.1, -0.05) is 32.9 Å². The van der Waals surface area contributed by atoms with Crippen molar-refractivity contribution in [2.75, 3.05) is 7.05 Å². The molecule has 0 fully saturated rings. The standard InChI is InChI=1S/C18H24ClNO/c1-5-12-10-13(6-2)17(14(7-3)11-12)18(20-4)15-8-9-16(19)21-15/h8-11,18,20H,5-7H2,1-4H3.